The molecule has 0 spiro atoms. The van der Waals surface area contributed by atoms with Gasteiger partial charge in [0, 0.05) is 31.9 Å². The van der Waals surface area contributed by atoms with E-state index in [1.807, 2.05) is 0 Å². The van der Waals surface area contributed by atoms with Crippen LogP contribution in [0.2, 0.25) is 0 Å². The van der Waals surface area contributed by atoms with Gasteiger partial charge in [0.25, 0.3) is 0 Å². The van der Waals surface area contributed by atoms with Crippen LogP contribution in [0.5, 0.6) is 0 Å². The lowest BCUT2D eigenvalue weighted by molar-refractivity contribution is 0.560. The average Bonchev–Trinajstić information content (AvgIpc) is 3.20. The average molecular weight is 246 g/mol. The number of nitrogens with zero attached hydrogens (tertiary/aromatic N) is 1. The van der Waals surface area contributed by atoms with E-state index in [9.17, 15) is 0 Å². The summed E-state index contributed by atoms with van der Waals surface area (Å²) in [5.41, 5.74) is 2.72. The van der Waals surface area contributed by atoms with Gasteiger partial charge in [-0.05, 0) is 36.5 Å². The molecular weight excluding hydrogens is 220 g/mol. The summed E-state index contributed by atoms with van der Waals surface area (Å²) in [4.78, 5) is 2.35. The lowest BCUT2D eigenvalue weighted by atomic mass is 10.1. The molecular formula is C16H26N2. The fourth-order valence-corrected chi connectivity index (χ4v) is 2.12. The van der Waals surface area contributed by atoms with Crippen molar-refractivity contribution in [2.75, 3.05) is 18.5 Å². The maximum atomic E-state index is 3.55. The van der Waals surface area contributed by atoms with Crippen molar-refractivity contribution in [2.24, 2.45) is 5.92 Å². The summed E-state index contributed by atoms with van der Waals surface area (Å²) in [6, 6.07) is 9.77. The molecule has 1 aliphatic rings. The minimum Gasteiger partial charge on any atom is -0.374 e. The quantitative estimate of drug-likeness (QED) is 0.793. The van der Waals surface area contributed by atoms with E-state index in [0.717, 1.165) is 25.0 Å². The normalized spacial score (nSPS) is 16.6. The molecule has 0 bridgehead atoms. The smallest absolute Gasteiger partial charge is 0.0363 e. The van der Waals surface area contributed by atoms with E-state index in [1.165, 1.54) is 30.5 Å². The first-order chi connectivity index (χ1) is 8.69. The van der Waals surface area contributed by atoms with Gasteiger partial charge in [0.2, 0.25) is 0 Å². The van der Waals surface area contributed by atoms with Crippen LogP contribution in [-0.4, -0.2) is 19.6 Å². The van der Waals surface area contributed by atoms with Gasteiger partial charge >= 0.3 is 0 Å². The first-order valence-electron chi connectivity index (χ1n) is 7.22. The van der Waals surface area contributed by atoms with Crippen LogP contribution in [0, 0.1) is 5.92 Å². The van der Waals surface area contributed by atoms with Crippen molar-refractivity contribution in [1.82, 2.24) is 5.32 Å². The van der Waals surface area contributed by atoms with Crippen LogP contribution in [0.4, 0.5) is 5.69 Å². The first kappa shape index (κ1) is 13.4. The van der Waals surface area contributed by atoms with Crippen molar-refractivity contribution >= 4 is 5.69 Å². The van der Waals surface area contributed by atoms with E-state index in [0.29, 0.717) is 0 Å². The van der Waals surface area contributed by atoms with Crippen molar-refractivity contribution < 1.29 is 0 Å². The van der Waals surface area contributed by atoms with Gasteiger partial charge in [-0.15, -0.1) is 0 Å². The molecule has 1 atom stereocenters. The number of benzene rings is 1. The third-order valence-electron chi connectivity index (χ3n) is 3.83. The number of nitrogens with one attached hydrogen (secondary N) is 1. The molecule has 1 fully saturated rings. The van der Waals surface area contributed by atoms with Crippen LogP contribution in [0.3, 0.4) is 0 Å². The maximum Gasteiger partial charge on any atom is 0.0363 e. The van der Waals surface area contributed by atoms with Gasteiger partial charge in [0.1, 0.15) is 0 Å². The Hall–Kier alpha value is -1.02. The highest BCUT2D eigenvalue weighted by molar-refractivity contribution is 5.46. The van der Waals surface area contributed by atoms with Crippen molar-refractivity contribution in [3.8, 4) is 0 Å². The van der Waals surface area contributed by atoms with Gasteiger partial charge in [-0.2, -0.15) is 0 Å². The Morgan fingerprint density at radius 3 is 2.50 bits per heavy atom. The van der Waals surface area contributed by atoms with Gasteiger partial charge in [-0.3, -0.25) is 0 Å². The molecule has 0 aromatic heterocycles. The van der Waals surface area contributed by atoms with E-state index >= 15 is 0 Å². The van der Waals surface area contributed by atoms with E-state index in [4.69, 9.17) is 0 Å². The summed E-state index contributed by atoms with van der Waals surface area (Å²) in [7, 11) is 2.18. The van der Waals surface area contributed by atoms with Gasteiger partial charge in [-0.25, -0.2) is 0 Å². The number of anilines is 1. The lowest BCUT2D eigenvalue weighted by Crippen LogP contribution is -2.23. The molecule has 0 amide bonds. The second-order valence-corrected chi connectivity index (χ2v) is 5.72. The van der Waals surface area contributed by atoms with Gasteiger partial charge < -0.3 is 10.2 Å². The number of hydrogen-bond acceptors (Lipinski definition) is 2. The van der Waals surface area contributed by atoms with Crippen LogP contribution >= 0.6 is 0 Å². The van der Waals surface area contributed by atoms with Crippen LogP contribution < -0.4 is 10.2 Å². The zero-order valence-electron chi connectivity index (χ0n) is 11.9. The fraction of sp³-hybridized carbons (Fsp3) is 0.625. The van der Waals surface area contributed by atoms with E-state index in [-0.39, 0.29) is 0 Å². The highest BCUT2D eigenvalue weighted by atomic mass is 15.1. The van der Waals surface area contributed by atoms with Gasteiger partial charge in [0.15, 0.2) is 0 Å². The highest BCUT2D eigenvalue weighted by Crippen LogP contribution is 2.20. The summed E-state index contributed by atoms with van der Waals surface area (Å²) in [6.45, 7) is 6.71. The van der Waals surface area contributed by atoms with Gasteiger partial charge in [-0.1, -0.05) is 32.4 Å². The van der Waals surface area contributed by atoms with Crippen molar-refractivity contribution in [3.05, 3.63) is 29.8 Å². The summed E-state index contributed by atoms with van der Waals surface area (Å²) in [5.74, 6) is 0.756. The molecule has 2 rings (SSSR count). The first-order valence-corrected chi connectivity index (χ1v) is 7.22. The molecule has 0 saturated heterocycles. The molecule has 1 aromatic rings. The fourth-order valence-electron chi connectivity index (χ4n) is 2.12. The molecule has 1 unspecified atom stereocenters. The zero-order valence-corrected chi connectivity index (χ0v) is 11.9. The Balaban J connectivity index is 1.85. The molecule has 1 aliphatic carbocycles. The number of hydrogen-bond donors (Lipinski definition) is 1. The zero-order chi connectivity index (χ0) is 13.0. The van der Waals surface area contributed by atoms with E-state index in [2.05, 4.69) is 55.4 Å². The molecule has 1 aromatic carbocycles. The summed E-state index contributed by atoms with van der Waals surface area (Å²) in [6.07, 6.45) is 3.96. The topological polar surface area (TPSA) is 15.3 Å². The molecule has 0 heterocycles. The Morgan fingerprint density at radius 2 is 1.94 bits per heavy atom. The Kier molecular flexibility index (Phi) is 4.65. The predicted molar refractivity (Wildman–Crippen MR) is 79.0 cm³/mol. The Labute approximate surface area is 111 Å². The third kappa shape index (κ3) is 4.02. The summed E-state index contributed by atoms with van der Waals surface area (Å²) < 4.78 is 0. The van der Waals surface area contributed by atoms with Crippen molar-refractivity contribution in [3.63, 3.8) is 0 Å². The molecule has 0 aliphatic heterocycles. The summed E-state index contributed by atoms with van der Waals surface area (Å²) in [5, 5.41) is 3.55. The van der Waals surface area contributed by atoms with E-state index in [1.54, 1.807) is 0 Å². The second-order valence-electron chi connectivity index (χ2n) is 5.72. The highest BCUT2D eigenvalue weighted by Gasteiger charge is 2.19. The minimum atomic E-state index is 0.756. The minimum absolute atomic E-state index is 0.756. The molecule has 2 heteroatoms. The molecule has 1 N–H and O–H groups in total. The van der Waals surface area contributed by atoms with Crippen molar-refractivity contribution in [2.45, 2.75) is 45.7 Å². The maximum absolute atomic E-state index is 3.55. The molecule has 1 saturated carbocycles. The Bertz CT molecular complexity index is 354. The third-order valence-corrected chi connectivity index (χ3v) is 3.83. The number of rotatable bonds is 7. The monoisotopic (exact) mass is 246 g/mol. The lowest BCUT2D eigenvalue weighted by Gasteiger charge is -2.23. The molecule has 100 valence electrons. The van der Waals surface area contributed by atoms with Crippen LogP contribution in [-0.2, 0) is 6.54 Å². The van der Waals surface area contributed by atoms with Gasteiger partial charge in [0.05, 0.1) is 0 Å². The van der Waals surface area contributed by atoms with Crippen molar-refractivity contribution in [1.29, 1.82) is 0 Å². The molecule has 2 nitrogen and oxygen atoms in total. The SMILES string of the molecule is CCC(C)CN(C)c1ccc(CNC2CC2)cc1. The molecule has 18 heavy (non-hydrogen) atoms. The van der Waals surface area contributed by atoms with Crippen LogP contribution in [0.25, 0.3) is 0 Å². The Morgan fingerprint density at radius 1 is 1.28 bits per heavy atom. The molecule has 0 radical (unpaired) electrons. The summed E-state index contributed by atoms with van der Waals surface area (Å²) >= 11 is 0. The predicted octanol–water partition coefficient (Wildman–Crippen LogP) is 3.42. The standard InChI is InChI=1S/C16H26N2/c1-4-13(2)12-18(3)16-9-5-14(6-10-16)11-17-15-7-8-15/h5-6,9-10,13,15,17H,4,7-8,11-12H2,1-3H3. The van der Waals surface area contributed by atoms with E-state index < -0.39 is 0 Å². The second kappa shape index (κ2) is 6.24. The van der Waals surface area contributed by atoms with Crippen LogP contribution in [0.1, 0.15) is 38.7 Å². The van der Waals surface area contributed by atoms with Crippen LogP contribution in [0.15, 0.2) is 24.3 Å². The largest absolute Gasteiger partial charge is 0.374 e.